The van der Waals surface area contributed by atoms with Crippen molar-refractivity contribution in [3.63, 3.8) is 0 Å². The molecule has 0 aliphatic rings. The quantitative estimate of drug-likeness (QED) is 0.540. The van der Waals surface area contributed by atoms with Crippen molar-refractivity contribution in [1.82, 2.24) is 4.57 Å². The summed E-state index contributed by atoms with van der Waals surface area (Å²) in [4.78, 5) is 23.6. The number of nitriles is 2. The fourth-order valence-electron chi connectivity index (χ4n) is 3.15. The number of nitro benzene ring substituents is 1. The first-order chi connectivity index (χ1) is 13.9. The number of non-ortho nitro benzene ring substituents is 1. The largest absolute Gasteiger partial charge is 0.384 e. The van der Waals surface area contributed by atoms with Gasteiger partial charge in [0, 0.05) is 17.7 Å². The van der Waals surface area contributed by atoms with Gasteiger partial charge in [0.2, 0.25) is 0 Å². The SMILES string of the molecule is CCc1cccc(-n2c(N)c(C#N)c(-c3cccc([N+](=O)[O-])c3)c(C#N)c2=O)c1. The maximum atomic E-state index is 13.1. The molecule has 0 fully saturated rings. The molecule has 0 saturated carbocycles. The van der Waals surface area contributed by atoms with E-state index in [1.165, 1.54) is 24.3 Å². The maximum Gasteiger partial charge on any atom is 0.275 e. The number of benzene rings is 2. The topological polar surface area (TPSA) is 139 Å². The number of nitrogens with zero attached hydrogens (tertiary/aromatic N) is 4. The standard InChI is InChI=1S/C21H15N5O3/c1-2-13-5-3-7-15(9-13)25-20(24)17(11-22)19(18(12-23)21(25)27)14-6-4-8-16(10-14)26(28)29/h3-10H,2,24H2,1H3. The molecule has 8 heteroatoms. The van der Waals surface area contributed by atoms with Crippen LogP contribution < -0.4 is 11.3 Å². The zero-order chi connectivity index (χ0) is 21.1. The van der Waals surface area contributed by atoms with Crippen molar-refractivity contribution in [2.45, 2.75) is 13.3 Å². The second-order valence-corrected chi connectivity index (χ2v) is 6.21. The minimum Gasteiger partial charge on any atom is -0.384 e. The van der Waals surface area contributed by atoms with Gasteiger partial charge < -0.3 is 5.73 Å². The van der Waals surface area contributed by atoms with Gasteiger partial charge in [0.05, 0.1) is 10.6 Å². The van der Waals surface area contributed by atoms with E-state index in [0.29, 0.717) is 5.69 Å². The van der Waals surface area contributed by atoms with E-state index in [0.717, 1.165) is 16.6 Å². The monoisotopic (exact) mass is 385 g/mol. The van der Waals surface area contributed by atoms with Gasteiger partial charge in [-0.1, -0.05) is 31.2 Å². The van der Waals surface area contributed by atoms with Crippen LogP contribution in [0.1, 0.15) is 23.6 Å². The van der Waals surface area contributed by atoms with Crippen molar-refractivity contribution in [3.05, 3.63) is 85.7 Å². The van der Waals surface area contributed by atoms with E-state index in [4.69, 9.17) is 5.73 Å². The van der Waals surface area contributed by atoms with E-state index in [2.05, 4.69) is 0 Å². The molecule has 0 aliphatic carbocycles. The summed E-state index contributed by atoms with van der Waals surface area (Å²) in [5.74, 6) is -0.133. The van der Waals surface area contributed by atoms with Crippen LogP contribution in [0.25, 0.3) is 16.8 Å². The lowest BCUT2D eigenvalue weighted by Crippen LogP contribution is -2.26. The molecular formula is C21H15N5O3. The van der Waals surface area contributed by atoms with Crippen molar-refractivity contribution < 1.29 is 4.92 Å². The molecule has 3 rings (SSSR count). The fourth-order valence-corrected chi connectivity index (χ4v) is 3.15. The molecule has 2 aromatic carbocycles. The third-order valence-corrected chi connectivity index (χ3v) is 4.56. The number of hydrogen-bond donors (Lipinski definition) is 1. The number of nitrogens with two attached hydrogens (primary N) is 1. The molecule has 8 nitrogen and oxygen atoms in total. The summed E-state index contributed by atoms with van der Waals surface area (Å²) in [6.07, 6.45) is 0.727. The van der Waals surface area contributed by atoms with Crippen LogP contribution in [0.15, 0.2) is 53.3 Å². The van der Waals surface area contributed by atoms with Crippen LogP contribution in [-0.4, -0.2) is 9.49 Å². The number of aromatic nitrogens is 1. The third kappa shape index (κ3) is 3.31. The maximum absolute atomic E-state index is 13.1. The van der Waals surface area contributed by atoms with Crippen molar-refractivity contribution in [3.8, 4) is 29.0 Å². The number of rotatable bonds is 4. The Morgan fingerprint density at radius 1 is 1.10 bits per heavy atom. The molecule has 0 amide bonds. The van der Waals surface area contributed by atoms with Gasteiger partial charge in [0.1, 0.15) is 29.1 Å². The molecule has 0 radical (unpaired) electrons. The van der Waals surface area contributed by atoms with Gasteiger partial charge >= 0.3 is 0 Å². The van der Waals surface area contributed by atoms with Gasteiger partial charge in [0.25, 0.3) is 11.2 Å². The summed E-state index contributed by atoms with van der Waals surface area (Å²) in [5, 5.41) is 30.5. The molecule has 0 spiro atoms. The smallest absolute Gasteiger partial charge is 0.275 e. The molecule has 142 valence electrons. The molecule has 29 heavy (non-hydrogen) atoms. The highest BCUT2D eigenvalue weighted by Crippen LogP contribution is 2.32. The van der Waals surface area contributed by atoms with E-state index in [1.807, 2.05) is 25.1 Å². The summed E-state index contributed by atoms with van der Waals surface area (Å²) in [6.45, 7) is 1.96. The van der Waals surface area contributed by atoms with E-state index in [-0.39, 0.29) is 33.8 Å². The Kier molecular flexibility index (Phi) is 5.11. The molecule has 2 N–H and O–H groups in total. The average Bonchev–Trinajstić information content (AvgIpc) is 2.73. The first-order valence-corrected chi connectivity index (χ1v) is 8.65. The van der Waals surface area contributed by atoms with Crippen LogP contribution in [-0.2, 0) is 6.42 Å². The van der Waals surface area contributed by atoms with E-state index < -0.39 is 10.5 Å². The highest BCUT2D eigenvalue weighted by Gasteiger charge is 2.23. The molecule has 3 aromatic rings. The summed E-state index contributed by atoms with van der Waals surface area (Å²) in [7, 11) is 0. The van der Waals surface area contributed by atoms with E-state index >= 15 is 0 Å². The zero-order valence-electron chi connectivity index (χ0n) is 15.4. The van der Waals surface area contributed by atoms with Crippen LogP contribution >= 0.6 is 0 Å². The fraction of sp³-hybridized carbons (Fsp3) is 0.0952. The summed E-state index contributed by atoms with van der Waals surface area (Å²) >= 11 is 0. The van der Waals surface area contributed by atoms with Crippen LogP contribution in [0.2, 0.25) is 0 Å². The normalized spacial score (nSPS) is 10.2. The van der Waals surface area contributed by atoms with Gasteiger partial charge in [-0.15, -0.1) is 0 Å². The van der Waals surface area contributed by atoms with Crippen molar-refractivity contribution >= 4 is 11.5 Å². The second kappa shape index (κ2) is 7.67. The predicted octanol–water partition coefficient (Wildman–Crippen LogP) is 3.30. The van der Waals surface area contributed by atoms with E-state index in [9.17, 15) is 25.4 Å². The highest BCUT2D eigenvalue weighted by atomic mass is 16.6. The predicted molar refractivity (Wildman–Crippen MR) is 107 cm³/mol. The Morgan fingerprint density at radius 2 is 1.79 bits per heavy atom. The average molecular weight is 385 g/mol. The molecular weight excluding hydrogens is 370 g/mol. The highest BCUT2D eigenvalue weighted by molar-refractivity contribution is 5.82. The van der Waals surface area contributed by atoms with Crippen LogP contribution in [0.3, 0.4) is 0 Å². The van der Waals surface area contributed by atoms with Crippen molar-refractivity contribution in [2.24, 2.45) is 0 Å². The molecule has 1 heterocycles. The van der Waals surface area contributed by atoms with Crippen LogP contribution in [0, 0.1) is 32.8 Å². The number of aryl methyl sites for hydroxylation is 1. The first-order valence-electron chi connectivity index (χ1n) is 8.65. The van der Waals surface area contributed by atoms with Crippen LogP contribution in [0.4, 0.5) is 11.5 Å². The Bertz CT molecular complexity index is 1280. The number of nitro groups is 1. The number of nitrogen functional groups attached to an aromatic ring is 1. The first kappa shape index (κ1) is 19.3. The molecule has 0 bridgehead atoms. The van der Waals surface area contributed by atoms with Crippen molar-refractivity contribution in [2.75, 3.05) is 5.73 Å². The lowest BCUT2D eigenvalue weighted by Gasteiger charge is -2.16. The number of anilines is 1. The molecule has 0 unspecified atom stereocenters. The molecule has 0 atom stereocenters. The lowest BCUT2D eigenvalue weighted by atomic mass is 9.95. The Balaban J connectivity index is 2.41. The molecule has 0 aliphatic heterocycles. The lowest BCUT2D eigenvalue weighted by molar-refractivity contribution is -0.384. The van der Waals surface area contributed by atoms with Crippen molar-refractivity contribution in [1.29, 1.82) is 10.5 Å². The van der Waals surface area contributed by atoms with Gasteiger partial charge in [-0.3, -0.25) is 19.5 Å². The molecule has 0 saturated heterocycles. The number of hydrogen-bond acceptors (Lipinski definition) is 6. The van der Waals surface area contributed by atoms with Crippen LogP contribution in [0.5, 0.6) is 0 Å². The Morgan fingerprint density at radius 3 is 2.41 bits per heavy atom. The van der Waals surface area contributed by atoms with Gasteiger partial charge in [-0.25, -0.2) is 0 Å². The van der Waals surface area contributed by atoms with E-state index in [1.54, 1.807) is 18.2 Å². The summed E-state index contributed by atoms with van der Waals surface area (Å²) in [6, 6.07) is 16.2. The Labute approximate surface area is 165 Å². The third-order valence-electron chi connectivity index (χ3n) is 4.56. The molecule has 1 aromatic heterocycles. The summed E-state index contributed by atoms with van der Waals surface area (Å²) in [5.41, 5.74) is 6.43. The second-order valence-electron chi connectivity index (χ2n) is 6.21. The minimum atomic E-state index is -0.696. The minimum absolute atomic E-state index is 0.0101. The number of pyridine rings is 1. The zero-order valence-corrected chi connectivity index (χ0v) is 15.4. The summed E-state index contributed by atoms with van der Waals surface area (Å²) < 4.78 is 1.12. The van der Waals surface area contributed by atoms with Gasteiger partial charge in [-0.05, 0) is 29.7 Å². The van der Waals surface area contributed by atoms with Gasteiger partial charge in [0.15, 0.2) is 0 Å². The Hall–Kier alpha value is -4.43. The van der Waals surface area contributed by atoms with Gasteiger partial charge in [-0.2, -0.15) is 10.5 Å².